The second kappa shape index (κ2) is 7.34. The highest BCUT2D eigenvalue weighted by Crippen LogP contribution is 2.43. The second-order valence-corrected chi connectivity index (χ2v) is 5.97. The monoisotopic (exact) mass is 367 g/mol. The van der Waals surface area contributed by atoms with Gasteiger partial charge in [-0.15, -0.1) is 0 Å². The van der Waals surface area contributed by atoms with Gasteiger partial charge in [-0.3, -0.25) is 4.79 Å². The summed E-state index contributed by atoms with van der Waals surface area (Å²) in [5, 5.41) is -5.70. The highest BCUT2D eigenvalue weighted by molar-refractivity contribution is 7.86. The Morgan fingerprint density at radius 1 is 1.22 bits per heavy atom. The van der Waals surface area contributed by atoms with Gasteiger partial charge in [-0.2, -0.15) is 22.0 Å². The van der Waals surface area contributed by atoms with E-state index in [1.807, 2.05) is 0 Å². The van der Waals surface area contributed by atoms with E-state index in [4.69, 9.17) is 0 Å². The molecule has 0 aromatic rings. The van der Waals surface area contributed by atoms with Crippen LogP contribution in [0.15, 0.2) is 12.2 Å². The third-order valence-corrected chi connectivity index (χ3v) is 3.48. The number of carbonyl (C=O) groups excluding carboxylic acids is 2. The molecule has 1 unspecified atom stereocenters. The minimum atomic E-state index is -6.63. The van der Waals surface area contributed by atoms with Gasteiger partial charge in [0.25, 0.3) is 0 Å². The maximum absolute atomic E-state index is 13.1. The van der Waals surface area contributed by atoms with Crippen molar-refractivity contribution in [3.05, 3.63) is 12.2 Å². The summed E-state index contributed by atoms with van der Waals surface area (Å²) in [5.41, 5.74) is -0.0606. The van der Waals surface area contributed by atoms with E-state index >= 15 is 0 Å². The topological polar surface area (TPSA) is 101 Å². The number of carbonyl (C=O) groups is 2. The first kappa shape index (κ1) is 21.4. The molecule has 0 bridgehead atoms. The van der Waals surface area contributed by atoms with Crippen LogP contribution < -0.4 is 0 Å². The number of alkyl halides is 5. The van der Waals surface area contributed by atoms with Crippen LogP contribution in [0.4, 0.5) is 22.0 Å². The van der Waals surface area contributed by atoms with Gasteiger partial charge in [-0.1, -0.05) is 6.58 Å². The molecule has 0 aliphatic heterocycles. The SMILES string of the molecule is C=C(C)C(=O)OCCC(=O)CC(C(F)(F)F)C(F)(F)S(=O)(=O)[O-]. The molecule has 0 saturated heterocycles. The fraction of sp³-hybridized carbons (Fsp3) is 0.636. The van der Waals surface area contributed by atoms with Crippen LogP contribution in [0.2, 0.25) is 0 Å². The van der Waals surface area contributed by atoms with Crippen LogP contribution in [0.25, 0.3) is 0 Å². The van der Waals surface area contributed by atoms with Crippen molar-refractivity contribution in [1.82, 2.24) is 0 Å². The van der Waals surface area contributed by atoms with Gasteiger partial charge in [0.2, 0.25) is 0 Å². The molecule has 0 heterocycles. The first-order chi connectivity index (χ1) is 10.1. The molecular weight excluding hydrogens is 355 g/mol. The lowest BCUT2D eigenvalue weighted by atomic mass is 10.0. The zero-order chi connectivity index (χ0) is 18.6. The van der Waals surface area contributed by atoms with Crippen LogP contribution in [-0.2, 0) is 24.4 Å². The lowest BCUT2D eigenvalue weighted by Crippen LogP contribution is -2.46. The molecule has 0 aromatic heterocycles. The van der Waals surface area contributed by atoms with E-state index in [9.17, 15) is 44.5 Å². The molecule has 0 aromatic carbocycles. The summed E-state index contributed by atoms with van der Waals surface area (Å²) >= 11 is 0. The Bertz CT molecular complexity index is 580. The quantitative estimate of drug-likeness (QED) is 0.281. The van der Waals surface area contributed by atoms with Crippen molar-refractivity contribution in [1.29, 1.82) is 0 Å². The number of halogens is 5. The standard InChI is InChI=1S/C11H13F5O6S/c1-6(2)9(18)22-4-3-7(17)5-8(10(12,13)14)11(15,16)23(19,20)21/h8H,1,3-5H2,2H3,(H,19,20,21)/p-1. The van der Waals surface area contributed by atoms with Crippen LogP contribution >= 0.6 is 0 Å². The maximum Gasteiger partial charge on any atom is 0.399 e. The van der Waals surface area contributed by atoms with Crippen molar-refractivity contribution in [3.63, 3.8) is 0 Å². The van der Waals surface area contributed by atoms with E-state index in [0.717, 1.165) is 0 Å². The van der Waals surface area contributed by atoms with Crippen LogP contribution in [-0.4, -0.2) is 42.8 Å². The minimum Gasteiger partial charge on any atom is -0.743 e. The highest BCUT2D eigenvalue weighted by Gasteiger charge is 2.60. The van der Waals surface area contributed by atoms with Gasteiger partial charge in [0.05, 0.1) is 6.61 Å². The first-order valence-electron chi connectivity index (χ1n) is 5.85. The second-order valence-electron chi connectivity index (χ2n) is 4.52. The van der Waals surface area contributed by atoms with E-state index in [2.05, 4.69) is 11.3 Å². The first-order valence-corrected chi connectivity index (χ1v) is 7.25. The Morgan fingerprint density at radius 3 is 2.04 bits per heavy atom. The molecule has 0 saturated carbocycles. The fourth-order valence-corrected chi connectivity index (χ4v) is 1.88. The van der Waals surface area contributed by atoms with Gasteiger partial charge in [-0.05, 0) is 6.92 Å². The van der Waals surface area contributed by atoms with Crippen LogP contribution in [0, 0.1) is 5.92 Å². The van der Waals surface area contributed by atoms with E-state index in [0.29, 0.717) is 0 Å². The molecule has 134 valence electrons. The van der Waals surface area contributed by atoms with E-state index in [1.54, 1.807) is 0 Å². The van der Waals surface area contributed by atoms with Crippen molar-refractivity contribution >= 4 is 21.9 Å². The van der Waals surface area contributed by atoms with Gasteiger partial charge in [-0.25, -0.2) is 13.2 Å². The van der Waals surface area contributed by atoms with E-state index < -0.39 is 58.7 Å². The van der Waals surface area contributed by atoms with Crippen LogP contribution in [0.5, 0.6) is 0 Å². The summed E-state index contributed by atoms with van der Waals surface area (Å²) in [4.78, 5) is 22.2. The molecule has 6 nitrogen and oxygen atoms in total. The molecule has 1 atom stereocenters. The van der Waals surface area contributed by atoms with Crippen molar-refractivity contribution in [2.45, 2.75) is 31.2 Å². The van der Waals surface area contributed by atoms with Crippen LogP contribution in [0.1, 0.15) is 19.8 Å². The summed E-state index contributed by atoms with van der Waals surface area (Å²) in [6.45, 7) is 3.73. The molecule has 0 spiro atoms. The lowest BCUT2D eigenvalue weighted by molar-refractivity contribution is -0.220. The Morgan fingerprint density at radius 2 is 1.70 bits per heavy atom. The Balaban J connectivity index is 4.98. The molecule has 0 aliphatic rings. The molecule has 0 radical (unpaired) electrons. The van der Waals surface area contributed by atoms with Gasteiger partial charge < -0.3 is 9.29 Å². The summed E-state index contributed by atoms with van der Waals surface area (Å²) in [6.07, 6.45) is -8.60. The number of Topliss-reactive ketones (excluding diaryl/α,β-unsaturated/α-hetero) is 1. The maximum atomic E-state index is 13.1. The molecule has 12 heteroatoms. The molecule has 0 fully saturated rings. The lowest BCUT2D eigenvalue weighted by Gasteiger charge is -2.29. The molecule has 0 amide bonds. The summed E-state index contributed by atoms with van der Waals surface area (Å²) < 4.78 is 99.2. The van der Waals surface area contributed by atoms with Gasteiger partial charge >= 0.3 is 17.4 Å². The smallest absolute Gasteiger partial charge is 0.399 e. The van der Waals surface area contributed by atoms with Gasteiger partial charge in [0.15, 0.2) is 10.1 Å². The minimum absolute atomic E-state index is 0.0606. The molecule has 0 aliphatic carbocycles. The number of hydrogen-bond donors (Lipinski definition) is 0. The number of hydrogen-bond acceptors (Lipinski definition) is 6. The number of rotatable bonds is 8. The number of ether oxygens (including phenoxy) is 1. The summed E-state index contributed by atoms with van der Waals surface area (Å²) in [5.74, 6) is -6.38. The summed E-state index contributed by atoms with van der Waals surface area (Å²) in [7, 11) is -6.63. The average molecular weight is 367 g/mol. The third kappa shape index (κ3) is 6.22. The van der Waals surface area contributed by atoms with Crippen molar-refractivity contribution in [3.8, 4) is 0 Å². The number of esters is 1. The molecular formula is C11H12F5O6S-. The van der Waals surface area contributed by atoms with Gasteiger partial charge in [0.1, 0.15) is 11.7 Å². The normalized spacial score (nSPS) is 14.2. The van der Waals surface area contributed by atoms with Gasteiger partial charge in [0, 0.05) is 18.4 Å². The zero-order valence-electron chi connectivity index (χ0n) is 11.7. The summed E-state index contributed by atoms with van der Waals surface area (Å²) in [6, 6.07) is 0. The van der Waals surface area contributed by atoms with Crippen molar-refractivity contribution < 1.29 is 49.2 Å². The van der Waals surface area contributed by atoms with Crippen LogP contribution in [0.3, 0.4) is 0 Å². The Labute approximate surface area is 128 Å². The van der Waals surface area contributed by atoms with E-state index in [-0.39, 0.29) is 5.57 Å². The average Bonchev–Trinajstić information content (AvgIpc) is 2.32. The molecule has 0 N–H and O–H groups in total. The Kier molecular flexibility index (Phi) is 6.84. The van der Waals surface area contributed by atoms with Crippen molar-refractivity contribution in [2.24, 2.45) is 5.92 Å². The van der Waals surface area contributed by atoms with Crippen molar-refractivity contribution in [2.75, 3.05) is 6.61 Å². The zero-order valence-corrected chi connectivity index (χ0v) is 12.5. The highest BCUT2D eigenvalue weighted by atomic mass is 32.2. The fourth-order valence-electron chi connectivity index (χ4n) is 1.31. The predicted octanol–water partition coefficient (Wildman–Crippen LogP) is 1.77. The molecule has 23 heavy (non-hydrogen) atoms. The molecule has 0 rings (SSSR count). The van der Waals surface area contributed by atoms with E-state index in [1.165, 1.54) is 6.92 Å². The largest absolute Gasteiger partial charge is 0.743 e. The number of ketones is 1. The Hall–Kier alpha value is -1.56. The third-order valence-electron chi connectivity index (χ3n) is 2.53. The predicted molar refractivity (Wildman–Crippen MR) is 64.2 cm³/mol.